The van der Waals surface area contributed by atoms with Crippen LogP contribution >= 0.6 is 0 Å². The monoisotopic (exact) mass is 587 g/mol. The number of benzene rings is 3. The molecule has 2 aliphatic heterocycles. The van der Waals surface area contributed by atoms with Gasteiger partial charge < -0.3 is 15.1 Å². The van der Waals surface area contributed by atoms with Crippen LogP contribution in [0.1, 0.15) is 16.7 Å². The van der Waals surface area contributed by atoms with E-state index in [0.29, 0.717) is 5.56 Å². The molecule has 2 atom stereocenters. The average Bonchev–Trinajstić information content (AvgIpc) is 3.33. The van der Waals surface area contributed by atoms with Crippen LogP contribution in [0.5, 0.6) is 0 Å². The summed E-state index contributed by atoms with van der Waals surface area (Å²) in [5, 5.41) is 5.33. The minimum Gasteiger partial charge on any atom is -0.333 e. The lowest BCUT2D eigenvalue weighted by Gasteiger charge is -2.45. The standard InChI is InChI=1S/C29H26F5N5O3/c1-36(29(42)35-13-18-10-6-3-7-11-18)38-16-22(40)39-20(12-17-8-4-2-5-9-17)28(41)37(15-21(38)39)14-19-23(30)25(32)27(34)26(33)24(19)31/h2-11,20-21H,12-16H2,1H3,(H,35,42)/t20-,21+/m0/s1. The maximum atomic E-state index is 14.6. The topological polar surface area (TPSA) is 76.2 Å². The Morgan fingerprint density at radius 3 is 2.00 bits per heavy atom. The number of carbonyl (C=O) groups is 3. The number of amides is 4. The molecule has 3 aromatic carbocycles. The maximum absolute atomic E-state index is 14.6. The first-order valence-electron chi connectivity index (χ1n) is 13.0. The number of nitrogens with one attached hydrogen (secondary N) is 1. The number of piperazine rings is 1. The Balaban J connectivity index is 1.45. The van der Waals surface area contributed by atoms with Crippen LogP contribution in [0.2, 0.25) is 0 Å². The average molecular weight is 588 g/mol. The molecule has 0 aromatic heterocycles. The van der Waals surface area contributed by atoms with E-state index in [1.165, 1.54) is 22.0 Å². The molecule has 2 aliphatic rings. The second-order valence-corrected chi connectivity index (χ2v) is 10.0. The third-order valence-corrected chi connectivity index (χ3v) is 7.45. The van der Waals surface area contributed by atoms with Crippen molar-refractivity contribution in [3.05, 3.63) is 106 Å². The lowest BCUT2D eigenvalue weighted by molar-refractivity contribution is -0.157. The van der Waals surface area contributed by atoms with Crippen molar-refractivity contribution in [2.45, 2.75) is 31.7 Å². The molecule has 0 spiro atoms. The van der Waals surface area contributed by atoms with E-state index in [2.05, 4.69) is 5.32 Å². The predicted octanol–water partition coefficient (Wildman–Crippen LogP) is 3.56. The van der Waals surface area contributed by atoms with Gasteiger partial charge in [0.15, 0.2) is 23.3 Å². The van der Waals surface area contributed by atoms with Crippen molar-refractivity contribution in [1.29, 1.82) is 0 Å². The van der Waals surface area contributed by atoms with Gasteiger partial charge in [0.2, 0.25) is 17.6 Å². The molecule has 5 rings (SSSR count). The SMILES string of the molecule is CN(C(=O)NCc1ccccc1)N1CC(=O)N2[C@@H](Cc3ccccc3)C(=O)N(Cc3c(F)c(F)c(F)c(F)c3F)C[C@@H]21. The summed E-state index contributed by atoms with van der Waals surface area (Å²) in [5.74, 6) is -11.8. The number of hydrogen-bond acceptors (Lipinski definition) is 4. The quantitative estimate of drug-likeness (QED) is 0.261. The highest BCUT2D eigenvalue weighted by Crippen LogP contribution is 2.31. The number of nitrogens with zero attached hydrogens (tertiary/aromatic N) is 4. The number of fused-ring (bicyclic) bond motifs is 1. The van der Waals surface area contributed by atoms with Crippen LogP contribution in [0.4, 0.5) is 26.7 Å². The van der Waals surface area contributed by atoms with Crippen LogP contribution in [0.25, 0.3) is 0 Å². The van der Waals surface area contributed by atoms with E-state index in [1.54, 1.807) is 30.3 Å². The first-order valence-corrected chi connectivity index (χ1v) is 13.0. The normalized spacial score (nSPS) is 18.8. The molecule has 1 N–H and O–H groups in total. The Bertz CT molecular complexity index is 1480. The fraction of sp³-hybridized carbons (Fsp3) is 0.276. The van der Waals surface area contributed by atoms with Crippen molar-refractivity contribution < 1.29 is 36.3 Å². The van der Waals surface area contributed by atoms with Crippen LogP contribution in [-0.4, -0.2) is 70.0 Å². The zero-order valence-electron chi connectivity index (χ0n) is 22.4. The molecule has 4 amide bonds. The van der Waals surface area contributed by atoms with Crippen LogP contribution in [0.15, 0.2) is 60.7 Å². The fourth-order valence-electron chi connectivity index (χ4n) is 5.27. The highest BCUT2D eigenvalue weighted by atomic mass is 19.2. The van der Waals surface area contributed by atoms with Crippen molar-refractivity contribution in [2.24, 2.45) is 0 Å². The number of urea groups is 1. The van der Waals surface area contributed by atoms with Gasteiger partial charge in [-0.1, -0.05) is 60.7 Å². The van der Waals surface area contributed by atoms with E-state index >= 15 is 0 Å². The Kier molecular flexibility index (Phi) is 8.12. The third kappa shape index (κ3) is 5.39. The summed E-state index contributed by atoms with van der Waals surface area (Å²) in [6, 6.07) is 16.1. The molecule has 0 unspecified atom stereocenters. The summed E-state index contributed by atoms with van der Waals surface area (Å²) in [5.41, 5.74) is 0.336. The number of hydrazine groups is 1. The molecular formula is C29H26F5N5O3. The van der Waals surface area contributed by atoms with Crippen LogP contribution in [-0.2, 0) is 29.1 Å². The third-order valence-electron chi connectivity index (χ3n) is 7.45. The molecule has 220 valence electrons. The molecule has 13 heteroatoms. The van der Waals surface area contributed by atoms with Gasteiger partial charge in [-0.3, -0.25) is 14.6 Å². The molecule has 0 bridgehead atoms. The van der Waals surface area contributed by atoms with Crippen molar-refractivity contribution in [2.75, 3.05) is 20.1 Å². The van der Waals surface area contributed by atoms with Crippen molar-refractivity contribution in [1.82, 2.24) is 25.1 Å². The van der Waals surface area contributed by atoms with E-state index in [9.17, 15) is 36.3 Å². The number of rotatable bonds is 7. The molecule has 0 radical (unpaired) electrons. The largest absolute Gasteiger partial charge is 0.333 e. The molecule has 3 aromatic rings. The molecule has 8 nitrogen and oxygen atoms in total. The van der Waals surface area contributed by atoms with E-state index in [0.717, 1.165) is 10.5 Å². The van der Waals surface area contributed by atoms with Gasteiger partial charge in [0.25, 0.3) is 0 Å². The Morgan fingerprint density at radius 2 is 1.40 bits per heavy atom. The van der Waals surface area contributed by atoms with Gasteiger partial charge >= 0.3 is 6.03 Å². The first-order chi connectivity index (χ1) is 20.1. The maximum Gasteiger partial charge on any atom is 0.332 e. The molecule has 2 heterocycles. The number of carbonyl (C=O) groups excluding carboxylic acids is 3. The van der Waals surface area contributed by atoms with Gasteiger partial charge in [0.05, 0.1) is 19.6 Å². The van der Waals surface area contributed by atoms with E-state index in [1.807, 2.05) is 30.3 Å². The van der Waals surface area contributed by atoms with Gasteiger partial charge in [-0.05, 0) is 11.1 Å². The molecule has 42 heavy (non-hydrogen) atoms. The van der Waals surface area contributed by atoms with Gasteiger partial charge in [0.1, 0.15) is 12.2 Å². The summed E-state index contributed by atoms with van der Waals surface area (Å²) >= 11 is 0. The Labute approximate surface area is 237 Å². The number of halogens is 5. The second-order valence-electron chi connectivity index (χ2n) is 10.0. The molecule has 0 aliphatic carbocycles. The van der Waals surface area contributed by atoms with Crippen LogP contribution < -0.4 is 5.32 Å². The lowest BCUT2D eigenvalue weighted by Crippen LogP contribution is -2.65. The summed E-state index contributed by atoms with van der Waals surface area (Å²) in [6.07, 6.45) is -0.939. The Morgan fingerprint density at radius 1 is 0.857 bits per heavy atom. The van der Waals surface area contributed by atoms with Crippen LogP contribution in [0, 0.1) is 29.1 Å². The number of hydrogen-bond donors (Lipinski definition) is 1. The predicted molar refractivity (Wildman–Crippen MR) is 139 cm³/mol. The lowest BCUT2D eigenvalue weighted by atomic mass is 10.00. The fourth-order valence-corrected chi connectivity index (χ4v) is 5.27. The summed E-state index contributed by atoms with van der Waals surface area (Å²) in [6.45, 7) is -1.38. The van der Waals surface area contributed by atoms with Crippen molar-refractivity contribution in [3.63, 3.8) is 0 Å². The van der Waals surface area contributed by atoms with Crippen molar-refractivity contribution in [3.8, 4) is 0 Å². The van der Waals surface area contributed by atoms with Crippen LogP contribution in [0.3, 0.4) is 0 Å². The minimum absolute atomic E-state index is 0.0211. The van der Waals surface area contributed by atoms with E-state index < -0.39 is 71.2 Å². The van der Waals surface area contributed by atoms with Gasteiger partial charge in [-0.15, -0.1) is 0 Å². The second kappa shape index (κ2) is 11.8. The highest BCUT2D eigenvalue weighted by molar-refractivity contribution is 5.91. The first kappa shape index (κ1) is 29.0. The van der Waals surface area contributed by atoms with Crippen molar-refractivity contribution >= 4 is 17.8 Å². The van der Waals surface area contributed by atoms with Gasteiger partial charge in [-0.25, -0.2) is 26.7 Å². The smallest absolute Gasteiger partial charge is 0.332 e. The highest BCUT2D eigenvalue weighted by Gasteiger charge is 2.52. The van der Waals surface area contributed by atoms with Gasteiger partial charge in [-0.2, -0.15) is 5.01 Å². The molecular weight excluding hydrogens is 561 g/mol. The summed E-state index contributed by atoms with van der Waals surface area (Å²) in [7, 11) is 1.42. The molecule has 0 saturated carbocycles. The Hall–Kier alpha value is -4.52. The minimum atomic E-state index is -2.30. The molecule has 2 saturated heterocycles. The summed E-state index contributed by atoms with van der Waals surface area (Å²) in [4.78, 5) is 42.2. The molecule has 2 fully saturated rings. The zero-order chi connectivity index (χ0) is 30.1. The van der Waals surface area contributed by atoms with E-state index in [4.69, 9.17) is 0 Å². The summed E-state index contributed by atoms with van der Waals surface area (Å²) < 4.78 is 70.8. The van der Waals surface area contributed by atoms with E-state index in [-0.39, 0.29) is 26.1 Å². The zero-order valence-corrected chi connectivity index (χ0v) is 22.4. The van der Waals surface area contributed by atoms with Gasteiger partial charge in [0, 0.05) is 25.6 Å².